The van der Waals surface area contributed by atoms with Crippen LogP contribution in [-0.2, 0) is 4.57 Å². The average molecular weight is 1320 g/mol. The zero-order valence-corrected chi connectivity index (χ0v) is 53.3. The molecule has 0 aliphatic heterocycles. The third-order valence-electron chi connectivity index (χ3n) is 13.8. The van der Waals surface area contributed by atoms with Gasteiger partial charge in [0.15, 0.2) is 18.8 Å². The third-order valence-corrected chi connectivity index (χ3v) is 19.9. The molecular formula is C73H61ClF4N6O8P2. The van der Waals surface area contributed by atoms with Gasteiger partial charge in [0.25, 0.3) is 0 Å². The SMILES string of the molecule is C.COc1ccc(P(=O)(c2ccc(OC)cc2)c2c(F)ccc(-c3nc(Oc4ccccc4)nc(Oc4ccccc4)n3)c2F)cc1.COc1ccc(P(Cl)c2ccc(C)cc2C)c(C)c1.Fc1ccc(-c2nc(Oc3ccccc3)nc(Oc3ccccc3)n2)c(F)c1. The van der Waals surface area contributed by atoms with Crippen molar-refractivity contribution >= 4 is 52.2 Å². The minimum atomic E-state index is -4.19. The lowest BCUT2D eigenvalue weighted by molar-refractivity contribution is 0.397. The molecule has 1 atom stereocenters. The summed E-state index contributed by atoms with van der Waals surface area (Å²) in [5.74, 6) is -0.224. The molecule has 0 aliphatic carbocycles. The molecular weight excluding hydrogens is 1260 g/mol. The van der Waals surface area contributed by atoms with E-state index in [2.05, 4.69) is 74.9 Å². The summed E-state index contributed by atoms with van der Waals surface area (Å²) in [7, 11) is -0.356. The average Bonchev–Trinajstić information content (AvgIpc) is 0.742. The van der Waals surface area contributed by atoms with Crippen LogP contribution in [0.2, 0.25) is 0 Å². The highest BCUT2D eigenvalue weighted by Gasteiger charge is 2.38. The lowest BCUT2D eigenvalue weighted by atomic mass is 10.2. The van der Waals surface area contributed by atoms with Gasteiger partial charge in [-0.05, 0) is 182 Å². The highest BCUT2D eigenvalue weighted by molar-refractivity contribution is 7.95. The van der Waals surface area contributed by atoms with Crippen molar-refractivity contribution < 1.29 is 55.3 Å². The lowest BCUT2D eigenvalue weighted by Crippen LogP contribution is -2.30. The first-order valence-electron chi connectivity index (χ1n) is 28.5. The van der Waals surface area contributed by atoms with E-state index >= 15 is 13.3 Å². The molecule has 2 aromatic heterocycles. The number of methoxy groups -OCH3 is 3. The first-order chi connectivity index (χ1) is 45.1. The van der Waals surface area contributed by atoms with Crippen LogP contribution in [0, 0.1) is 44.0 Å². The Balaban J connectivity index is 0.000000183. The van der Waals surface area contributed by atoms with Gasteiger partial charge in [0, 0.05) is 16.7 Å². The van der Waals surface area contributed by atoms with Crippen LogP contribution >= 0.6 is 25.7 Å². The highest BCUT2D eigenvalue weighted by Crippen LogP contribution is 2.46. The van der Waals surface area contributed by atoms with Gasteiger partial charge < -0.3 is 37.7 Å². The van der Waals surface area contributed by atoms with Gasteiger partial charge in [0.2, 0.25) is 0 Å². The molecule has 0 aliphatic rings. The number of benzene rings is 10. The maximum atomic E-state index is 16.9. The van der Waals surface area contributed by atoms with Crippen molar-refractivity contribution in [3.05, 3.63) is 277 Å². The van der Waals surface area contributed by atoms with E-state index in [4.69, 9.17) is 44.4 Å². The lowest BCUT2D eigenvalue weighted by Gasteiger charge is -2.22. The van der Waals surface area contributed by atoms with Crippen LogP contribution < -0.4 is 59.7 Å². The molecule has 0 N–H and O–H groups in total. The largest absolute Gasteiger partial charge is 0.497 e. The van der Waals surface area contributed by atoms with Crippen LogP contribution in [-0.4, -0.2) is 51.2 Å². The number of nitrogens with zero attached hydrogens (tertiary/aromatic N) is 6. The first kappa shape index (κ1) is 67.9. The van der Waals surface area contributed by atoms with E-state index in [0.717, 1.165) is 23.9 Å². The Bertz CT molecular complexity index is 4390. The molecule has 94 heavy (non-hydrogen) atoms. The molecule has 0 spiro atoms. The van der Waals surface area contributed by atoms with E-state index in [1.807, 2.05) is 36.4 Å². The van der Waals surface area contributed by atoms with Gasteiger partial charge in [-0.25, -0.2) is 17.6 Å². The minimum Gasteiger partial charge on any atom is -0.497 e. The molecule has 0 saturated heterocycles. The summed E-state index contributed by atoms with van der Waals surface area (Å²) in [6.07, 6.45) is 0. The van der Waals surface area contributed by atoms with E-state index in [1.54, 1.807) is 128 Å². The number of ether oxygens (including phenoxy) is 7. The molecule has 12 aromatic rings. The van der Waals surface area contributed by atoms with Crippen LogP contribution in [0.1, 0.15) is 24.1 Å². The molecule has 21 heteroatoms. The van der Waals surface area contributed by atoms with Crippen LogP contribution in [0.15, 0.2) is 237 Å². The summed E-state index contributed by atoms with van der Waals surface area (Å²) >= 11 is 6.71. The summed E-state index contributed by atoms with van der Waals surface area (Å²) in [4.78, 5) is 25.3. The Morgan fingerprint density at radius 2 is 0.755 bits per heavy atom. The number of aryl methyl sites for hydroxylation is 3. The number of aromatic nitrogens is 6. The number of halogens is 5. The van der Waals surface area contributed by atoms with Crippen molar-refractivity contribution in [3.8, 4) is 87.1 Å². The predicted octanol–water partition coefficient (Wildman–Crippen LogP) is 17.3. The summed E-state index contributed by atoms with van der Waals surface area (Å²) in [6, 6.07) is 64.9. The molecule has 0 saturated carbocycles. The van der Waals surface area contributed by atoms with Gasteiger partial charge in [-0.15, -0.1) is 9.97 Å². The van der Waals surface area contributed by atoms with Crippen molar-refractivity contribution in [2.75, 3.05) is 21.3 Å². The zero-order valence-electron chi connectivity index (χ0n) is 50.8. The Morgan fingerprint density at radius 3 is 1.14 bits per heavy atom. The van der Waals surface area contributed by atoms with Crippen molar-refractivity contribution in [3.63, 3.8) is 0 Å². The van der Waals surface area contributed by atoms with Crippen molar-refractivity contribution in [2.24, 2.45) is 0 Å². The molecule has 1 unspecified atom stereocenters. The molecule has 476 valence electrons. The van der Waals surface area contributed by atoms with Gasteiger partial charge >= 0.3 is 24.0 Å². The highest BCUT2D eigenvalue weighted by atomic mass is 35.7. The van der Waals surface area contributed by atoms with Crippen molar-refractivity contribution in [1.82, 2.24) is 29.9 Å². The van der Waals surface area contributed by atoms with Crippen LogP contribution in [0.5, 0.6) is 64.3 Å². The van der Waals surface area contributed by atoms with E-state index in [9.17, 15) is 8.78 Å². The molecule has 12 rings (SSSR count). The van der Waals surface area contributed by atoms with E-state index < -0.39 is 43.0 Å². The minimum absolute atomic E-state index is 0. The van der Waals surface area contributed by atoms with Crippen LogP contribution in [0.25, 0.3) is 22.8 Å². The van der Waals surface area contributed by atoms with Crippen molar-refractivity contribution in [1.29, 1.82) is 0 Å². The maximum Gasteiger partial charge on any atom is 0.328 e. The van der Waals surface area contributed by atoms with Gasteiger partial charge in [0.1, 0.15) is 63.5 Å². The summed E-state index contributed by atoms with van der Waals surface area (Å²) in [5.41, 5.74) is 3.47. The first-order valence-corrected chi connectivity index (χ1v) is 32.5. The molecule has 0 bridgehead atoms. The summed E-state index contributed by atoms with van der Waals surface area (Å²) < 4.78 is 114. The van der Waals surface area contributed by atoms with Crippen LogP contribution in [0.3, 0.4) is 0 Å². The fraction of sp³-hybridized carbons (Fsp3) is 0.0959. The molecule has 10 aromatic carbocycles. The second kappa shape index (κ2) is 31.7. The smallest absolute Gasteiger partial charge is 0.328 e. The van der Waals surface area contributed by atoms with Gasteiger partial charge in [-0.2, -0.15) is 19.9 Å². The van der Waals surface area contributed by atoms with Gasteiger partial charge in [-0.3, -0.25) is 0 Å². The van der Waals surface area contributed by atoms with Crippen LogP contribution in [0.4, 0.5) is 17.6 Å². The number of para-hydroxylation sites is 4. The van der Waals surface area contributed by atoms with Gasteiger partial charge in [-0.1, -0.05) is 115 Å². The third kappa shape index (κ3) is 16.8. The topological polar surface area (TPSA) is 159 Å². The second-order valence-corrected chi connectivity index (χ2v) is 25.5. The second-order valence-electron chi connectivity index (χ2n) is 20.2. The summed E-state index contributed by atoms with van der Waals surface area (Å²) in [5, 5.41) is 2.16. The molecule has 0 fully saturated rings. The Kier molecular flexibility index (Phi) is 22.9. The standard InChI is InChI=1S/C35H26F2N3O5P.C21H13F2N3O2.C16H18ClOP.CH4/c1-42-23-13-17-27(18-14-23)46(41,28-19-15-24(43-2)16-20-28)32-30(36)22-21-29(31(32)37)33-38-34(44-25-9-5-3-6-10-25)40-35(39-33)45-26-11-7-4-8-12-26;22-14-11-12-17(18(23)13-14)19-24-20(27-15-7-3-1-4-8-15)26-21(25-19)28-16-9-5-2-6-10-16;1-11-5-7-15(12(2)9-11)19(17)16-8-6-14(18-4)10-13(16)3;/h3-22H,1-2H3;1-13H;5-10H,1-4H3;1H4. The predicted molar refractivity (Wildman–Crippen MR) is 361 cm³/mol. The Labute approximate surface area is 547 Å². The van der Waals surface area contributed by atoms with Crippen molar-refractivity contribution in [2.45, 2.75) is 28.2 Å². The molecule has 0 radical (unpaired) electrons. The number of hydrogen-bond acceptors (Lipinski definition) is 14. The van der Waals surface area contributed by atoms with E-state index in [-0.39, 0.29) is 64.9 Å². The normalized spacial score (nSPS) is 11.1. The fourth-order valence-corrected chi connectivity index (χ4v) is 14.6. The monoisotopic (exact) mass is 1320 g/mol. The fourth-order valence-electron chi connectivity index (χ4n) is 9.27. The number of rotatable bonds is 18. The zero-order chi connectivity index (χ0) is 65.4. The molecule has 2 heterocycles. The molecule has 14 nitrogen and oxygen atoms in total. The maximum absolute atomic E-state index is 16.9. The quantitative estimate of drug-likeness (QED) is 0.0590. The molecule has 0 amide bonds. The van der Waals surface area contributed by atoms with Gasteiger partial charge in [0.05, 0.1) is 45.0 Å². The van der Waals surface area contributed by atoms with E-state index in [0.29, 0.717) is 34.5 Å². The Morgan fingerprint density at radius 1 is 0.383 bits per heavy atom. The number of hydrogen-bond donors (Lipinski definition) is 0. The summed E-state index contributed by atoms with van der Waals surface area (Å²) in [6.45, 7) is 6.31. The Hall–Kier alpha value is -10.5. The van der Waals surface area contributed by atoms with E-state index in [1.165, 1.54) is 77.9 Å².